The molecule has 0 radical (unpaired) electrons. The molecule has 0 saturated heterocycles. The van der Waals surface area contributed by atoms with E-state index in [1.54, 1.807) is 0 Å². The summed E-state index contributed by atoms with van der Waals surface area (Å²) in [4.78, 5) is 11.8. The van der Waals surface area contributed by atoms with Crippen molar-refractivity contribution in [3.05, 3.63) is 18.0 Å². The maximum absolute atomic E-state index is 11.8. The van der Waals surface area contributed by atoms with Crippen molar-refractivity contribution in [2.75, 3.05) is 6.54 Å². The molecule has 0 aliphatic carbocycles. The lowest BCUT2D eigenvalue weighted by atomic mass is 10.0. The second-order valence-electron chi connectivity index (χ2n) is 7.25. The number of carbonyl (C=O) groups is 1. The second kappa shape index (κ2) is 8.34. The van der Waals surface area contributed by atoms with Crippen LogP contribution >= 0.6 is 0 Å². The Hall–Kier alpha value is -1.56. The number of ether oxygens (including phenoxy) is 1. The predicted octanol–water partition coefficient (Wildman–Crippen LogP) is 3.10. The van der Waals surface area contributed by atoms with E-state index in [0.717, 1.165) is 12.1 Å². The van der Waals surface area contributed by atoms with Crippen molar-refractivity contribution in [3.8, 4) is 0 Å². The Labute approximate surface area is 140 Å². The van der Waals surface area contributed by atoms with E-state index in [2.05, 4.69) is 49.6 Å². The summed E-state index contributed by atoms with van der Waals surface area (Å²) < 4.78 is 7.20. The number of alkyl carbamates (subject to hydrolysis) is 1. The van der Waals surface area contributed by atoms with Crippen molar-refractivity contribution in [2.24, 2.45) is 5.92 Å². The standard InChI is InChI=1S/C17H32N4O2/c1-8-21-11-14(9-19-21)13(4)20-15(12(2)3)10-18-16(22)23-17(5,6)7/h9,11-13,15,20H,8,10H2,1-7H3,(H,18,22). The Bertz CT molecular complexity index is 491. The zero-order valence-electron chi connectivity index (χ0n) is 15.5. The molecule has 0 spiro atoms. The summed E-state index contributed by atoms with van der Waals surface area (Å²) in [6.45, 7) is 15.4. The molecular weight excluding hydrogens is 292 g/mol. The van der Waals surface area contributed by atoms with Gasteiger partial charge in [-0.1, -0.05) is 13.8 Å². The van der Waals surface area contributed by atoms with Gasteiger partial charge in [0.05, 0.1) is 6.20 Å². The number of carbonyl (C=O) groups excluding carboxylic acids is 1. The summed E-state index contributed by atoms with van der Waals surface area (Å²) >= 11 is 0. The van der Waals surface area contributed by atoms with Gasteiger partial charge in [-0.2, -0.15) is 5.10 Å². The highest BCUT2D eigenvalue weighted by Crippen LogP contribution is 2.14. The number of hydrogen-bond donors (Lipinski definition) is 2. The summed E-state index contributed by atoms with van der Waals surface area (Å²) in [5.74, 6) is 0.383. The van der Waals surface area contributed by atoms with Crippen LogP contribution in [0.1, 0.15) is 60.1 Å². The predicted molar refractivity (Wildman–Crippen MR) is 92.3 cm³/mol. The Balaban J connectivity index is 2.56. The first-order valence-corrected chi connectivity index (χ1v) is 8.37. The van der Waals surface area contributed by atoms with Crippen LogP contribution in [-0.4, -0.2) is 34.1 Å². The van der Waals surface area contributed by atoms with Crippen LogP contribution in [-0.2, 0) is 11.3 Å². The average molecular weight is 324 g/mol. The molecule has 6 heteroatoms. The Morgan fingerprint density at radius 3 is 2.48 bits per heavy atom. The summed E-state index contributed by atoms with van der Waals surface area (Å²) in [7, 11) is 0. The van der Waals surface area contributed by atoms with Crippen LogP contribution in [0.25, 0.3) is 0 Å². The molecule has 2 atom stereocenters. The molecule has 1 aromatic rings. The number of rotatable bonds is 7. The van der Waals surface area contributed by atoms with Gasteiger partial charge in [-0.05, 0) is 40.5 Å². The highest BCUT2D eigenvalue weighted by atomic mass is 16.6. The molecule has 0 bridgehead atoms. The lowest BCUT2D eigenvalue weighted by molar-refractivity contribution is 0.0518. The van der Waals surface area contributed by atoms with Crippen LogP contribution in [0.15, 0.2) is 12.4 Å². The number of aromatic nitrogens is 2. The van der Waals surface area contributed by atoms with Gasteiger partial charge in [-0.3, -0.25) is 4.68 Å². The highest BCUT2D eigenvalue weighted by Gasteiger charge is 2.21. The summed E-state index contributed by atoms with van der Waals surface area (Å²) in [6, 6.07) is 0.325. The fraction of sp³-hybridized carbons (Fsp3) is 0.765. The second-order valence-corrected chi connectivity index (χ2v) is 7.25. The van der Waals surface area contributed by atoms with E-state index in [9.17, 15) is 4.79 Å². The molecule has 0 fully saturated rings. The molecule has 0 saturated carbocycles. The van der Waals surface area contributed by atoms with Gasteiger partial charge in [0.15, 0.2) is 0 Å². The van der Waals surface area contributed by atoms with Gasteiger partial charge in [0.25, 0.3) is 0 Å². The fourth-order valence-corrected chi connectivity index (χ4v) is 2.19. The van der Waals surface area contributed by atoms with E-state index in [1.807, 2.05) is 31.6 Å². The van der Waals surface area contributed by atoms with Gasteiger partial charge >= 0.3 is 6.09 Å². The highest BCUT2D eigenvalue weighted by molar-refractivity contribution is 5.67. The molecule has 2 N–H and O–H groups in total. The molecule has 6 nitrogen and oxygen atoms in total. The van der Waals surface area contributed by atoms with Crippen molar-refractivity contribution in [1.29, 1.82) is 0 Å². The third-order valence-corrected chi connectivity index (χ3v) is 3.61. The van der Waals surface area contributed by atoms with E-state index in [1.165, 1.54) is 0 Å². The third kappa shape index (κ3) is 7.03. The first-order valence-electron chi connectivity index (χ1n) is 8.37. The van der Waals surface area contributed by atoms with Crippen molar-refractivity contribution in [1.82, 2.24) is 20.4 Å². The molecule has 0 aromatic carbocycles. The first kappa shape index (κ1) is 19.5. The average Bonchev–Trinajstić information content (AvgIpc) is 2.89. The molecule has 1 heterocycles. The van der Waals surface area contributed by atoms with Crippen LogP contribution in [0.2, 0.25) is 0 Å². The number of nitrogens with one attached hydrogen (secondary N) is 2. The quantitative estimate of drug-likeness (QED) is 0.808. The van der Waals surface area contributed by atoms with Gasteiger partial charge in [-0.15, -0.1) is 0 Å². The minimum absolute atomic E-state index is 0.155. The molecule has 2 unspecified atom stereocenters. The molecule has 1 rings (SSSR count). The molecule has 1 aromatic heterocycles. The first-order chi connectivity index (χ1) is 10.6. The summed E-state index contributed by atoms with van der Waals surface area (Å²) in [5.41, 5.74) is 0.669. The van der Waals surface area contributed by atoms with Crippen LogP contribution in [0, 0.1) is 5.92 Å². The van der Waals surface area contributed by atoms with Gasteiger partial charge in [-0.25, -0.2) is 4.79 Å². The van der Waals surface area contributed by atoms with Crippen LogP contribution in [0.5, 0.6) is 0 Å². The largest absolute Gasteiger partial charge is 0.444 e. The Morgan fingerprint density at radius 2 is 2.00 bits per heavy atom. The molecular formula is C17H32N4O2. The summed E-state index contributed by atoms with van der Waals surface area (Å²) in [6.07, 6.45) is 3.56. The van der Waals surface area contributed by atoms with Gasteiger partial charge in [0, 0.05) is 36.9 Å². The third-order valence-electron chi connectivity index (χ3n) is 3.61. The molecule has 0 aliphatic heterocycles. The number of aryl methyl sites for hydroxylation is 1. The lowest BCUT2D eigenvalue weighted by Gasteiger charge is -2.27. The maximum Gasteiger partial charge on any atom is 0.407 e. The SMILES string of the molecule is CCn1cc(C(C)NC(CNC(=O)OC(C)(C)C)C(C)C)cn1. The number of amides is 1. The molecule has 23 heavy (non-hydrogen) atoms. The normalized spacial score (nSPS) is 14.6. The van der Waals surface area contributed by atoms with E-state index in [0.29, 0.717) is 12.5 Å². The van der Waals surface area contributed by atoms with Gasteiger partial charge in [0.1, 0.15) is 5.60 Å². The van der Waals surface area contributed by atoms with E-state index < -0.39 is 5.60 Å². The van der Waals surface area contributed by atoms with Crippen LogP contribution in [0.4, 0.5) is 4.79 Å². The minimum atomic E-state index is -0.479. The summed E-state index contributed by atoms with van der Waals surface area (Å²) in [5, 5.41) is 10.7. The molecule has 0 aliphatic rings. The number of nitrogens with zero attached hydrogens (tertiary/aromatic N) is 2. The van der Waals surface area contributed by atoms with E-state index in [4.69, 9.17) is 4.74 Å². The maximum atomic E-state index is 11.8. The van der Waals surface area contributed by atoms with E-state index >= 15 is 0 Å². The molecule has 132 valence electrons. The minimum Gasteiger partial charge on any atom is -0.444 e. The zero-order chi connectivity index (χ0) is 17.6. The Kier molecular flexibility index (Phi) is 7.06. The zero-order valence-corrected chi connectivity index (χ0v) is 15.5. The van der Waals surface area contributed by atoms with Crippen molar-refractivity contribution in [3.63, 3.8) is 0 Å². The molecule has 1 amide bonds. The van der Waals surface area contributed by atoms with Crippen molar-refractivity contribution >= 4 is 6.09 Å². The fourth-order valence-electron chi connectivity index (χ4n) is 2.19. The monoisotopic (exact) mass is 324 g/mol. The van der Waals surface area contributed by atoms with Crippen molar-refractivity contribution in [2.45, 2.75) is 72.7 Å². The van der Waals surface area contributed by atoms with Crippen LogP contribution in [0.3, 0.4) is 0 Å². The smallest absolute Gasteiger partial charge is 0.407 e. The van der Waals surface area contributed by atoms with Crippen molar-refractivity contribution < 1.29 is 9.53 Å². The Morgan fingerprint density at radius 1 is 1.35 bits per heavy atom. The van der Waals surface area contributed by atoms with Gasteiger partial charge in [0.2, 0.25) is 0 Å². The van der Waals surface area contributed by atoms with E-state index in [-0.39, 0.29) is 18.2 Å². The topological polar surface area (TPSA) is 68.2 Å². The van der Waals surface area contributed by atoms with Crippen LogP contribution < -0.4 is 10.6 Å². The number of hydrogen-bond acceptors (Lipinski definition) is 4. The van der Waals surface area contributed by atoms with Gasteiger partial charge < -0.3 is 15.4 Å². The lowest BCUT2D eigenvalue weighted by Crippen LogP contribution is -2.46.